The van der Waals surface area contributed by atoms with E-state index in [1.54, 1.807) is 26.0 Å². The lowest BCUT2D eigenvalue weighted by Crippen LogP contribution is -2.31. The number of hydrogen-bond donors (Lipinski definition) is 3. The van der Waals surface area contributed by atoms with Crippen LogP contribution in [0.1, 0.15) is 43.2 Å². The molecule has 0 heterocycles. The van der Waals surface area contributed by atoms with Crippen LogP contribution in [0.15, 0.2) is 17.0 Å². The molecule has 1 aromatic rings. The van der Waals surface area contributed by atoms with Gasteiger partial charge in [0.1, 0.15) is 0 Å². The Bertz CT molecular complexity index is 570. The fraction of sp³-hybridized carbons (Fsp3) is 0.600. The Labute approximate surface area is 127 Å². The van der Waals surface area contributed by atoms with Gasteiger partial charge in [-0.25, -0.2) is 13.1 Å². The second-order valence-corrected chi connectivity index (χ2v) is 7.64. The summed E-state index contributed by atoms with van der Waals surface area (Å²) in [6, 6.07) is 3.50. The second-order valence-electron chi connectivity index (χ2n) is 5.94. The lowest BCUT2D eigenvalue weighted by Gasteiger charge is -2.22. The third kappa shape index (κ3) is 3.96. The van der Waals surface area contributed by atoms with E-state index in [1.807, 2.05) is 0 Å². The highest BCUT2D eigenvalue weighted by atomic mass is 32.2. The molecule has 0 unspecified atom stereocenters. The molecular formula is C15H25N3O2S. The number of benzene rings is 1. The summed E-state index contributed by atoms with van der Waals surface area (Å²) in [5, 5.41) is 0. The van der Waals surface area contributed by atoms with Crippen molar-refractivity contribution in [2.24, 2.45) is 11.8 Å². The third-order valence-corrected chi connectivity index (χ3v) is 5.91. The van der Waals surface area contributed by atoms with Crippen molar-refractivity contribution in [3.05, 3.63) is 23.3 Å². The lowest BCUT2D eigenvalue weighted by atomic mass is 9.90. The summed E-state index contributed by atoms with van der Waals surface area (Å²) in [5.41, 5.74) is 4.69. The van der Waals surface area contributed by atoms with E-state index in [9.17, 15) is 8.42 Å². The quantitative estimate of drug-likeness (QED) is 0.576. The highest BCUT2D eigenvalue weighted by Gasteiger charge is 2.22. The zero-order valence-corrected chi connectivity index (χ0v) is 13.6. The van der Waals surface area contributed by atoms with Crippen molar-refractivity contribution < 1.29 is 8.42 Å². The number of nitrogens with two attached hydrogens (primary N) is 1. The average molecular weight is 311 g/mol. The van der Waals surface area contributed by atoms with Gasteiger partial charge in [0.2, 0.25) is 10.0 Å². The van der Waals surface area contributed by atoms with Gasteiger partial charge in [-0.15, -0.1) is 0 Å². The Morgan fingerprint density at radius 3 is 2.24 bits per heavy atom. The molecule has 1 aliphatic rings. The molecule has 1 aliphatic carbocycles. The first-order valence-electron chi connectivity index (χ1n) is 7.51. The van der Waals surface area contributed by atoms with E-state index in [4.69, 9.17) is 5.84 Å². The Morgan fingerprint density at radius 1 is 1.14 bits per heavy atom. The Balaban J connectivity index is 2.15. The van der Waals surface area contributed by atoms with Gasteiger partial charge in [-0.3, -0.25) is 5.84 Å². The number of aryl methyl sites for hydroxylation is 2. The minimum Gasteiger partial charge on any atom is -0.324 e. The minimum absolute atomic E-state index is 0.373. The van der Waals surface area contributed by atoms with Crippen LogP contribution in [0.4, 0.5) is 5.69 Å². The summed E-state index contributed by atoms with van der Waals surface area (Å²) < 4.78 is 27.9. The molecule has 118 valence electrons. The maximum Gasteiger partial charge on any atom is 0.241 e. The number of nitrogens with one attached hydrogen (secondary N) is 2. The van der Waals surface area contributed by atoms with Crippen molar-refractivity contribution in [2.75, 3.05) is 12.0 Å². The highest BCUT2D eigenvalue weighted by Crippen LogP contribution is 2.26. The van der Waals surface area contributed by atoms with Crippen molar-refractivity contribution in [1.29, 1.82) is 0 Å². The zero-order valence-electron chi connectivity index (χ0n) is 12.8. The molecule has 6 heteroatoms. The number of rotatable bonds is 5. The van der Waals surface area contributed by atoms with E-state index in [1.165, 1.54) is 19.3 Å². The predicted molar refractivity (Wildman–Crippen MR) is 85.5 cm³/mol. The average Bonchev–Trinajstić information content (AvgIpc) is 2.45. The monoisotopic (exact) mass is 311 g/mol. The number of hydrazine groups is 1. The molecule has 0 aromatic heterocycles. The minimum atomic E-state index is -3.46. The van der Waals surface area contributed by atoms with Crippen LogP contribution in [0.3, 0.4) is 0 Å². The zero-order chi connectivity index (χ0) is 15.5. The molecule has 5 nitrogen and oxygen atoms in total. The van der Waals surface area contributed by atoms with Gasteiger partial charge in [0.05, 0.1) is 4.90 Å². The predicted octanol–water partition coefficient (Wildman–Crippen LogP) is 2.45. The van der Waals surface area contributed by atoms with E-state index in [0.717, 1.165) is 18.5 Å². The topological polar surface area (TPSA) is 84.2 Å². The van der Waals surface area contributed by atoms with Crippen molar-refractivity contribution in [3.63, 3.8) is 0 Å². The van der Waals surface area contributed by atoms with Gasteiger partial charge in [-0.2, -0.15) is 0 Å². The van der Waals surface area contributed by atoms with Crippen LogP contribution < -0.4 is 16.0 Å². The van der Waals surface area contributed by atoms with Gasteiger partial charge in [0.25, 0.3) is 0 Å². The lowest BCUT2D eigenvalue weighted by molar-refractivity contribution is 0.357. The van der Waals surface area contributed by atoms with E-state index in [2.05, 4.69) is 10.1 Å². The summed E-state index contributed by atoms with van der Waals surface area (Å²) in [6.45, 7) is 4.13. The van der Waals surface area contributed by atoms with Crippen molar-refractivity contribution in [1.82, 2.24) is 4.72 Å². The Kier molecular flexibility index (Phi) is 5.24. The first-order valence-corrected chi connectivity index (χ1v) is 9.00. The van der Waals surface area contributed by atoms with Crippen LogP contribution in [0.5, 0.6) is 0 Å². The maximum atomic E-state index is 12.6. The van der Waals surface area contributed by atoms with Gasteiger partial charge in [-0.1, -0.05) is 19.3 Å². The van der Waals surface area contributed by atoms with Crippen molar-refractivity contribution in [3.8, 4) is 0 Å². The van der Waals surface area contributed by atoms with Gasteiger partial charge < -0.3 is 5.43 Å². The fourth-order valence-electron chi connectivity index (χ4n) is 3.15. The molecule has 1 fully saturated rings. The molecule has 0 atom stereocenters. The first-order chi connectivity index (χ1) is 9.94. The van der Waals surface area contributed by atoms with Gasteiger partial charge in [-0.05, 0) is 55.9 Å². The van der Waals surface area contributed by atoms with Crippen LogP contribution in [0.2, 0.25) is 0 Å². The molecule has 4 N–H and O–H groups in total. The maximum absolute atomic E-state index is 12.6. The van der Waals surface area contributed by atoms with Gasteiger partial charge >= 0.3 is 0 Å². The van der Waals surface area contributed by atoms with E-state index in [-0.39, 0.29) is 0 Å². The third-order valence-electron chi connectivity index (χ3n) is 4.18. The molecule has 0 radical (unpaired) electrons. The van der Waals surface area contributed by atoms with Crippen LogP contribution in [-0.2, 0) is 10.0 Å². The summed E-state index contributed by atoms with van der Waals surface area (Å²) in [6.07, 6.45) is 5.94. The SMILES string of the molecule is Cc1cc(NN)cc(C)c1S(=O)(=O)NCC1CCCCC1. The van der Waals surface area contributed by atoms with Gasteiger partial charge in [0, 0.05) is 12.2 Å². The van der Waals surface area contributed by atoms with E-state index >= 15 is 0 Å². The molecule has 0 bridgehead atoms. The van der Waals surface area contributed by atoms with Crippen LogP contribution in [-0.4, -0.2) is 15.0 Å². The first kappa shape index (κ1) is 16.3. The molecule has 21 heavy (non-hydrogen) atoms. The number of nitrogen functional groups attached to an aromatic ring is 1. The van der Waals surface area contributed by atoms with Crippen molar-refractivity contribution >= 4 is 15.7 Å². The molecule has 0 aliphatic heterocycles. The number of sulfonamides is 1. The molecule has 2 rings (SSSR count). The van der Waals surface area contributed by atoms with Crippen LogP contribution >= 0.6 is 0 Å². The molecule has 0 spiro atoms. The Hall–Kier alpha value is -1.11. The standard InChI is InChI=1S/C15H25N3O2S/c1-11-8-14(18-16)9-12(2)15(11)21(19,20)17-10-13-6-4-3-5-7-13/h8-9,13,17-18H,3-7,10,16H2,1-2H3. The number of hydrogen-bond acceptors (Lipinski definition) is 4. The van der Waals surface area contributed by atoms with E-state index < -0.39 is 10.0 Å². The molecular weight excluding hydrogens is 286 g/mol. The van der Waals surface area contributed by atoms with Crippen LogP contribution in [0, 0.1) is 19.8 Å². The Morgan fingerprint density at radius 2 is 1.71 bits per heavy atom. The van der Waals surface area contributed by atoms with Gasteiger partial charge in [0.15, 0.2) is 0 Å². The second kappa shape index (κ2) is 6.77. The summed E-state index contributed by atoms with van der Waals surface area (Å²) in [7, 11) is -3.46. The molecule has 1 saturated carbocycles. The van der Waals surface area contributed by atoms with Crippen molar-refractivity contribution in [2.45, 2.75) is 50.8 Å². The van der Waals surface area contributed by atoms with Crippen LogP contribution in [0.25, 0.3) is 0 Å². The summed E-state index contributed by atoms with van der Waals surface area (Å²) in [4.78, 5) is 0.373. The fourth-order valence-corrected chi connectivity index (χ4v) is 4.71. The molecule has 0 amide bonds. The smallest absolute Gasteiger partial charge is 0.241 e. The summed E-state index contributed by atoms with van der Waals surface area (Å²) in [5.74, 6) is 5.86. The largest absolute Gasteiger partial charge is 0.324 e. The molecule has 0 saturated heterocycles. The normalized spacial score (nSPS) is 16.9. The number of anilines is 1. The van der Waals surface area contributed by atoms with E-state index in [0.29, 0.717) is 28.5 Å². The summed E-state index contributed by atoms with van der Waals surface area (Å²) >= 11 is 0. The highest BCUT2D eigenvalue weighted by molar-refractivity contribution is 7.89. The molecule has 1 aromatic carbocycles.